The molecule has 3 aromatic carbocycles. The number of piperidine rings is 1. The molecule has 0 atom stereocenters. The van der Waals surface area contributed by atoms with Crippen LogP contribution in [0.15, 0.2) is 72.8 Å². The van der Waals surface area contributed by atoms with Crippen molar-refractivity contribution in [3.63, 3.8) is 0 Å². The van der Waals surface area contributed by atoms with Crippen LogP contribution in [-0.4, -0.2) is 28.8 Å². The molecule has 0 bridgehead atoms. The maximum atomic E-state index is 13.5. The molecule has 4 aromatic rings. The van der Waals surface area contributed by atoms with Crippen molar-refractivity contribution in [3.8, 4) is 0 Å². The van der Waals surface area contributed by atoms with Gasteiger partial charge in [0.25, 0.3) is 5.69 Å². The van der Waals surface area contributed by atoms with Crippen LogP contribution in [0.3, 0.4) is 0 Å². The Morgan fingerprint density at radius 1 is 0.971 bits per heavy atom. The Kier molecular flexibility index (Phi) is 6.18. The van der Waals surface area contributed by atoms with Crippen molar-refractivity contribution in [1.29, 1.82) is 0 Å². The van der Waals surface area contributed by atoms with Crippen LogP contribution in [0.5, 0.6) is 0 Å². The molecule has 0 amide bonds. The standard InChI is InChI=1S/C27H23N3O3S/c31-26(20-9-3-1-4-10-20)21(27-28-22-11-5-6-12-25(22)34-27)17-19-13-14-23(24(18-19)30(32)33)29-15-7-2-8-16-29/h1,3-6,9-14,17-18H,2,7-8,15-16H2/b21-17-. The summed E-state index contributed by atoms with van der Waals surface area (Å²) in [4.78, 5) is 31.9. The van der Waals surface area contributed by atoms with Gasteiger partial charge >= 0.3 is 0 Å². The first-order valence-corrected chi connectivity index (χ1v) is 12.1. The molecule has 5 rings (SSSR count). The van der Waals surface area contributed by atoms with Crippen molar-refractivity contribution in [2.45, 2.75) is 19.3 Å². The summed E-state index contributed by atoms with van der Waals surface area (Å²) in [7, 11) is 0. The molecule has 0 N–H and O–H groups in total. The minimum atomic E-state index is -0.336. The van der Waals surface area contributed by atoms with E-state index >= 15 is 0 Å². The normalized spacial score (nSPS) is 14.4. The molecule has 1 saturated heterocycles. The number of nitrogens with zero attached hydrogens (tertiary/aromatic N) is 3. The second-order valence-corrected chi connectivity index (χ2v) is 9.32. The summed E-state index contributed by atoms with van der Waals surface area (Å²) in [5, 5.41) is 12.5. The summed E-state index contributed by atoms with van der Waals surface area (Å²) < 4.78 is 0.982. The van der Waals surface area contributed by atoms with Crippen LogP contribution < -0.4 is 4.90 Å². The number of aromatic nitrogens is 1. The number of hydrogen-bond donors (Lipinski definition) is 0. The first kappa shape index (κ1) is 22.0. The van der Waals surface area contributed by atoms with E-state index in [4.69, 9.17) is 4.98 Å². The van der Waals surface area contributed by atoms with E-state index in [1.54, 1.807) is 30.3 Å². The number of nitro benzene ring substituents is 1. The topological polar surface area (TPSA) is 76.3 Å². The molecule has 1 fully saturated rings. The van der Waals surface area contributed by atoms with E-state index in [9.17, 15) is 14.9 Å². The fourth-order valence-corrected chi connectivity index (χ4v) is 5.28. The second-order valence-electron chi connectivity index (χ2n) is 8.29. The fourth-order valence-electron chi connectivity index (χ4n) is 4.30. The molecular weight excluding hydrogens is 446 g/mol. The van der Waals surface area contributed by atoms with E-state index < -0.39 is 0 Å². The molecule has 0 saturated carbocycles. The van der Waals surface area contributed by atoms with E-state index in [-0.39, 0.29) is 16.4 Å². The summed E-state index contributed by atoms with van der Waals surface area (Å²) in [5.41, 5.74) is 3.09. The molecule has 0 spiro atoms. The van der Waals surface area contributed by atoms with E-state index in [2.05, 4.69) is 4.90 Å². The quantitative estimate of drug-likeness (QED) is 0.137. The molecule has 1 aliphatic heterocycles. The number of benzene rings is 3. The molecule has 0 radical (unpaired) electrons. The first-order chi connectivity index (χ1) is 16.6. The van der Waals surface area contributed by atoms with Gasteiger partial charge < -0.3 is 4.90 Å². The number of anilines is 1. The Balaban J connectivity index is 1.61. The number of nitro groups is 1. The van der Waals surface area contributed by atoms with Crippen LogP contribution in [0.4, 0.5) is 11.4 Å². The largest absolute Gasteiger partial charge is 0.366 e. The van der Waals surface area contributed by atoms with Crippen LogP contribution in [0.1, 0.15) is 40.2 Å². The Bertz CT molecular complexity index is 1360. The van der Waals surface area contributed by atoms with E-state index in [1.807, 2.05) is 48.5 Å². The summed E-state index contributed by atoms with van der Waals surface area (Å²) in [6, 6.07) is 22.0. The Morgan fingerprint density at radius 3 is 2.44 bits per heavy atom. The SMILES string of the molecule is O=C(/C(=C/c1ccc(N2CCCCC2)c([N+](=O)[O-])c1)c1nc2ccccc2s1)c1ccccc1. The minimum absolute atomic E-state index is 0.0615. The molecule has 7 heteroatoms. The van der Waals surface area contributed by atoms with E-state index in [1.165, 1.54) is 11.3 Å². The van der Waals surface area contributed by atoms with Gasteiger partial charge in [-0.1, -0.05) is 48.5 Å². The maximum Gasteiger partial charge on any atom is 0.293 e. The molecule has 1 aromatic heterocycles. The third-order valence-corrected chi connectivity index (χ3v) is 7.08. The molecular formula is C27H23N3O3S. The molecule has 2 heterocycles. The number of para-hydroxylation sites is 1. The average molecular weight is 470 g/mol. The van der Waals surface area contributed by atoms with Crippen molar-refractivity contribution in [2.24, 2.45) is 0 Å². The van der Waals surface area contributed by atoms with Gasteiger partial charge in [0, 0.05) is 24.7 Å². The molecule has 6 nitrogen and oxygen atoms in total. The average Bonchev–Trinajstić information content (AvgIpc) is 3.32. The highest BCUT2D eigenvalue weighted by molar-refractivity contribution is 7.20. The molecule has 170 valence electrons. The number of rotatable bonds is 6. The van der Waals surface area contributed by atoms with Gasteiger partial charge in [-0.25, -0.2) is 4.98 Å². The van der Waals surface area contributed by atoms with Gasteiger partial charge in [0.1, 0.15) is 10.7 Å². The lowest BCUT2D eigenvalue weighted by Gasteiger charge is -2.28. The maximum absolute atomic E-state index is 13.5. The van der Waals surface area contributed by atoms with Crippen LogP contribution in [0.2, 0.25) is 0 Å². The predicted octanol–water partition coefficient (Wildman–Crippen LogP) is 6.62. The number of thiazole rings is 1. The fraction of sp³-hybridized carbons (Fsp3) is 0.185. The third kappa shape index (κ3) is 4.47. The number of ketones is 1. The van der Waals surface area contributed by atoms with Crippen LogP contribution >= 0.6 is 11.3 Å². The van der Waals surface area contributed by atoms with Crippen LogP contribution in [0, 0.1) is 10.1 Å². The summed E-state index contributed by atoms with van der Waals surface area (Å²) in [6.07, 6.45) is 4.94. The van der Waals surface area contributed by atoms with Crippen molar-refractivity contribution >= 4 is 50.4 Å². The molecule has 0 aliphatic carbocycles. The molecule has 1 aliphatic rings. The smallest absolute Gasteiger partial charge is 0.293 e. The van der Waals surface area contributed by atoms with Gasteiger partial charge in [-0.15, -0.1) is 11.3 Å². The van der Waals surface area contributed by atoms with Gasteiger partial charge in [0.2, 0.25) is 0 Å². The number of fused-ring (bicyclic) bond motifs is 1. The number of carbonyl (C=O) groups excluding carboxylic acids is 1. The zero-order valence-electron chi connectivity index (χ0n) is 18.5. The zero-order valence-corrected chi connectivity index (χ0v) is 19.3. The highest BCUT2D eigenvalue weighted by Gasteiger charge is 2.23. The Morgan fingerprint density at radius 2 is 1.71 bits per heavy atom. The minimum Gasteiger partial charge on any atom is -0.366 e. The summed E-state index contributed by atoms with van der Waals surface area (Å²) in [5.74, 6) is -0.164. The highest BCUT2D eigenvalue weighted by Crippen LogP contribution is 2.34. The van der Waals surface area contributed by atoms with Crippen molar-refractivity contribution < 1.29 is 9.72 Å². The number of hydrogen-bond acceptors (Lipinski definition) is 6. The van der Waals surface area contributed by atoms with Gasteiger partial charge in [-0.3, -0.25) is 14.9 Å². The highest BCUT2D eigenvalue weighted by atomic mass is 32.1. The summed E-state index contributed by atoms with van der Waals surface area (Å²) in [6.45, 7) is 1.64. The lowest BCUT2D eigenvalue weighted by Crippen LogP contribution is -2.29. The van der Waals surface area contributed by atoms with Gasteiger partial charge in [0.15, 0.2) is 5.78 Å². The van der Waals surface area contributed by atoms with Gasteiger partial charge in [-0.05, 0) is 49.1 Å². The number of allylic oxidation sites excluding steroid dienone is 1. The predicted molar refractivity (Wildman–Crippen MR) is 137 cm³/mol. The monoisotopic (exact) mass is 469 g/mol. The summed E-state index contributed by atoms with van der Waals surface area (Å²) >= 11 is 1.44. The van der Waals surface area contributed by atoms with E-state index in [0.717, 1.165) is 42.6 Å². The van der Waals surface area contributed by atoms with Crippen LogP contribution in [-0.2, 0) is 0 Å². The lowest BCUT2D eigenvalue weighted by atomic mass is 10.0. The van der Waals surface area contributed by atoms with E-state index in [0.29, 0.717) is 27.4 Å². The number of Topliss-reactive ketones (excluding diaryl/α,β-unsaturated/α-hetero) is 1. The van der Waals surface area contributed by atoms with Crippen molar-refractivity contribution in [3.05, 3.63) is 99.0 Å². The van der Waals surface area contributed by atoms with Gasteiger partial charge in [-0.2, -0.15) is 0 Å². The molecule has 34 heavy (non-hydrogen) atoms. The number of carbonyl (C=O) groups is 1. The first-order valence-electron chi connectivity index (χ1n) is 11.3. The van der Waals surface area contributed by atoms with Crippen LogP contribution in [0.25, 0.3) is 21.9 Å². The lowest BCUT2D eigenvalue weighted by molar-refractivity contribution is -0.384. The van der Waals surface area contributed by atoms with Gasteiger partial charge in [0.05, 0.1) is 20.7 Å². The Labute approximate surface area is 201 Å². The van der Waals surface area contributed by atoms with Crippen molar-refractivity contribution in [2.75, 3.05) is 18.0 Å². The zero-order chi connectivity index (χ0) is 23.5. The molecule has 0 unspecified atom stereocenters. The Hall–Kier alpha value is -3.84. The third-order valence-electron chi connectivity index (χ3n) is 6.01. The van der Waals surface area contributed by atoms with Crippen molar-refractivity contribution in [1.82, 2.24) is 4.98 Å². The second kappa shape index (κ2) is 9.57.